The summed E-state index contributed by atoms with van der Waals surface area (Å²) in [6.07, 6.45) is 3.72. The molecule has 1 aliphatic carbocycles. The smallest absolute Gasteiger partial charge is 0.189 e. The van der Waals surface area contributed by atoms with Gasteiger partial charge in [-0.2, -0.15) is 0 Å². The standard InChI is InChI=1S/C23H27NO2/c1-3-24(4-2)13-8-14-26-21-11-7-9-18(16-21)15-20-17-19-10-5-6-12-22(19)23(20)25/h5-7,9-12,15-16H,3-4,8,13-14,17H2,1-2H3. The Balaban J connectivity index is 1.61. The van der Waals surface area contributed by atoms with Crippen molar-refractivity contribution in [1.82, 2.24) is 4.90 Å². The molecule has 0 amide bonds. The molecule has 3 heteroatoms. The fourth-order valence-electron chi connectivity index (χ4n) is 3.38. The summed E-state index contributed by atoms with van der Waals surface area (Å²) in [6, 6.07) is 15.8. The van der Waals surface area contributed by atoms with Crippen molar-refractivity contribution in [2.75, 3.05) is 26.2 Å². The Morgan fingerprint density at radius 1 is 1.08 bits per heavy atom. The maximum atomic E-state index is 12.5. The lowest BCUT2D eigenvalue weighted by atomic mass is 10.1. The van der Waals surface area contributed by atoms with E-state index >= 15 is 0 Å². The van der Waals surface area contributed by atoms with Gasteiger partial charge >= 0.3 is 0 Å². The highest BCUT2D eigenvalue weighted by molar-refractivity contribution is 6.15. The van der Waals surface area contributed by atoms with Gasteiger partial charge < -0.3 is 9.64 Å². The molecule has 0 heterocycles. The minimum atomic E-state index is 0.145. The zero-order chi connectivity index (χ0) is 18.4. The fourth-order valence-corrected chi connectivity index (χ4v) is 3.38. The second kappa shape index (κ2) is 8.81. The first kappa shape index (κ1) is 18.4. The van der Waals surface area contributed by atoms with Crippen LogP contribution in [-0.4, -0.2) is 36.9 Å². The summed E-state index contributed by atoms with van der Waals surface area (Å²) in [5.74, 6) is 1.01. The van der Waals surface area contributed by atoms with E-state index in [2.05, 4.69) is 18.7 Å². The highest BCUT2D eigenvalue weighted by atomic mass is 16.5. The van der Waals surface area contributed by atoms with Gasteiger partial charge in [-0.05, 0) is 48.8 Å². The highest BCUT2D eigenvalue weighted by Crippen LogP contribution is 2.28. The summed E-state index contributed by atoms with van der Waals surface area (Å²) in [4.78, 5) is 14.9. The summed E-state index contributed by atoms with van der Waals surface area (Å²) in [7, 11) is 0. The lowest BCUT2D eigenvalue weighted by Gasteiger charge is -2.17. The predicted octanol–water partition coefficient (Wildman–Crippen LogP) is 4.62. The predicted molar refractivity (Wildman–Crippen MR) is 107 cm³/mol. The molecule has 0 bridgehead atoms. The van der Waals surface area contributed by atoms with E-state index in [-0.39, 0.29) is 5.78 Å². The van der Waals surface area contributed by atoms with Crippen molar-refractivity contribution in [3.8, 4) is 5.75 Å². The van der Waals surface area contributed by atoms with E-state index in [1.807, 2.05) is 54.6 Å². The van der Waals surface area contributed by atoms with Crippen molar-refractivity contribution in [2.45, 2.75) is 26.7 Å². The van der Waals surface area contributed by atoms with Crippen molar-refractivity contribution in [2.24, 2.45) is 0 Å². The van der Waals surface area contributed by atoms with Gasteiger partial charge in [-0.25, -0.2) is 0 Å². The van der Waals surface area contributed by atoms with E-state index in [1.165, 1.54) is 0 Å². The molecule has 0 saturated heterocycles. The number of fused-ring (bicyclic) bond motifs is 1. The van der Waals surface area contributed by atoms with Crippen molar-refractivity contribution in [3.05, 3.63) is 70.8 Å². The van der Waals surface area contributed by atoms with Crippen LogP contribution in [0, 0.1) is 0 Å². The van der Waals surface area contributed by atoms with E-state index < -0.39 is 0 Å². The van der Waals surface area contributed by atoms with Crippen LogP contribution in [0.15, 0.2) is 54.1 Å². The number of ketones is 1. The number of carbonyl (C=O) groups is 1. The minimum absolute atomic E-state index is 0.145. The molecule has 1 aliphatic rings. The molecular formula is C23H27NO2. The quantitative estimate of drug-likeness (QED) is 0.514. The summed E-state index contributed by atoms with van der Waals surface area (Å²) < 4.78 is 5.90. The number of allylic oxidation sites excluding steroid dienone is 1. The van der Waals surface area contributed by atoms with Gasteiger partial charge in [0.15, 0.2) is 5.78 Å². The van der Waals surface area contributed by atoms with Crippen molar-refractivity contribution >= 4 is 11.9 Å². The largest absolute Gasteiger partial charge is 0.494 e. The van der Waals surface area contributed by atoms with Crippen LogP contribution in [0.5, 0.6) is 5.75 Å². The summed E-state index contributed by atoms with van der Waals surface area (Å²) in [6.45, 7) is 8.30. The number of ether oxygens (including phenoxy) is 1. The maximum absolute atomic E-state index is 12.5. The number of hydrogen-bond acceptors (Lipinski definition) is 3. The Hall–Kier alpha value is -2.39. The number of carbonyl (C=O) groups excluding carboxylic acids is 1. The average Bonchev–Trinajstić information content (AvgIpc) is 2.98. The Labute approximate surface area is 156 Å². The molecule has 0 saturated carbocycles. The Morgan fingerprint density at radius 3 is 2.65 bits per heavy atom. The highest BCUT2D eigenvalue weighted by Gasteiger charge is 2.23. The van der Waals surface area contributed by atoms with Crippen LogP contribution < -0.4 is 4.74 Å². The molecule has 0 atom stereocenters. The third-order valence-electron chi connectivity index (χ3n) is 4.92. The Bertz CT molecular complexity index is 790. The third-order valence-corrected chi connectivity index (χ3v) is 4.92. The molecule has 0 spiro atoms. The first-order chi connectivity index (χ1) is 12.7. The SMILES string of the molecule is CCN(CC)CCCOc1cccc(C=C2Cc3ccccc3C2=O)c1. The first-order valence-corrected chi connectivity index (χ1v) is 9.49. The number of rotatable bonds is 8. The van der Waals surface area contributed by atoms with Gasteiger partial charge in [-0.3, -0.25) is 4.79 Å². The second-order valence-electron chi connectivity index (χ2n) is 6.63. The van der Waals surface area contributed by atoms with Gasteiger partial charge in [0.2, 0.25) is 0 Å². The topological polar surface area (TPSA) is 29.5 Å². The minimum Gasteiger partial charge on any atom is -0.494 e. The van der Waals surface area contributed by atoms with Gasteiger partial charge in [0, 0.05) is 24.1 Å². The van der Waals surface area contributed by atoms with Crippen LogP contribution in [0.3, 0.4) is 0 Å². The molecule has 0 radical (unpaired) electrons. The van der Waals surface area contributed by atoms with Gasteiger partial charge in [-0.1, -0.05) is 50.2 Å². The number of nitrogens with zero attached hydrogens (tertiary/aromatic N) is 1. The van der Waals surface area contributed by atoms with Crippen LogP contribution in [0.4, 0.5) is 0 Å². The molecule has 0 N–H and O–H groups in total. The van der Waals surface area contributed by atoms with Gasteiger partial charge in [-0.15, -0.1) is 0 Å². The molecule has 0 aliphatic heterocycles. The van der Waals surface area contributed by atoms with Crippen molar-refractivity contribution in [1.29, 1.82) is 0 Å². The van der Waals surface area contributed by atoms with Crippen LogP contribution >= 0.6 is 0 Å². The van der Waals surface area contributed by atoms with E-state index in [0.717, 1.165) is 54.1 Å². The van der Waals surface area contributed by atoms with E-state index in [4.69, 9.17) is 4.74 Å². The van der Waals surface area contributed by atoms with Crippen LogP contribution in [0.1, 0.15) is 41.8 Å². The number of hydrogen-bond donors (Lipinski definition) is 0. The third kappa shape index (κ3) is 4.41. The van der Waals surface area contributed by atoms with Gasteiger partial charge in [0.25, 0.3) is 0 Å². The zero-order valence-corrected chi connectivity index (χ0v) is 15.7. The summed E-state index contributed by atoms with van der Waals surface area (Å²) in [5, 5.41) is 0. The molecule has 0 unspecified atom stereocenters. The Kier molecular flexibility index (Phi) is 6.24. The molecule has 3 nitrogen and oxygen atoms in total. The van der Waals surface area contributed by atoms with Crippen molar-refractivity contribution in [3.63, 3.8) is 0 Å². The lowest BCUT2D eigenvalue weighted by molar-refractivity contribution is 0.104. The van der Waals surface area contributed by atoms with Gasteiger partial charge in [0.1, 0.15) is 5.75 Å². The van der Waals surface area contributed by atoms with Crippen LogP contribution in [0.25, 0.3) is 6.08 Å². The molecule has 2 aromatic rings. The molecule has 0 fully saturated rings. The first-order valence-electron chi connectivity index (χ1n) is 9.49. The van der Waals surface area contributed by atoms with Crippen molar-refractivity contribution < 1.29 is 9.53 Å². The monoisotopic (exact) mass is 349 g/mol. The number of Topliss-reactive ketones (excluding diaryl/α,β-unsaturated/α-hetero) is 1. The molecule has 0 aromatic heterocycles. The second-order valence-corrected chi connectivity index (χ2v) is 6.63. The van der Waals surface area contributed by atoms with Crippen LogP contribution in [-0.2, 0) is 6.42 Å². The Morgan fingerprint density at radius 2 is 1.88 bits per heavy atom. The fraction of sp³-hybridized carbons (Fsp3) is 0.348. The lowest BCUT2D eigenvalue weighted by Crippen LogP contribution is -2.25. The van der Waals surface area contributed by atoms with Gasteiger partial charge in [0.05, 0.1) is 6.61 Å². The normalized spacial score (nSPS) is 14.9. The molecule has 136 valence electrons. The average molecular weight is 349 g/mol. The molecule has 26 heavy (non-hydrogen) atoms. The maximum Gasteiger partial charge on any atom is 0.189 e. The van der Waals surface area contributed by atoms with Crippen LogP contribution in [0.2, 0.25) is 0 Å². The zero-order valence-electron chi connectivity index (χ0n) is 15.7. The van der Waals surface area contributed by atoms with E-state index in [9.17, 15) is 4.79 Å². The molecule has 3 rings (SSSR count). The summed E-state index contributed by atoms with van der Waals surface area (Å²) in [5.41, 5.74) is 3.82. The molecule has 2 aromatic carbocycles. The number of benzene rings is 2. The summed E-state index contributed by atoms with van der Waals surface area (Å²) >= 11 is 0. The van der Waals surface area contributed by atoms with E-state index in [0.29, 0.717) is 13.0 Å². The van der Waals surface area contributed by atoms with E-state index in [1.54, 1.807) is 0 Å². The molecular weight excluding hydrogens is 322 g/mol.